The predicted octanol–water partition coefficient (Wildman–Crippen LogP) is 2.59. The molecule has 0 aromatic heterocycles. The standard InChI is InChI=1S/C4H9F3SSi/c1-8-3-2-4-9(5,6)7/h2-4H2,1H3. The average molecular weight is 174 g/mol. The SMILES string of the molecule is CSCCC[Si](F)(F)F. The van der Waals surface area contributed by atoms with Crippen molar-refractivity contribution in [1.82, 2.24) is 0 Å². The van der Waals surface area contributed by atoms with E-state index in [2.05, 4.69) is 0 Å². The number of rotatable bonds is 4. The van der Waals surface area contributed by atoms with Gasteiger partial charge in [0.15, 0.2) is 0 Å². The van der Waals surface area contributed by atoms with Crippen LogP contribution in [-0.4, -0.2) is 21.1 Å². The number of hydrogen-bond acceptors (Lipinski definition) is 1. The van der Waals surface area contributed by atoms with Gasteiger partial charge in [0.1, 0.15) is 0 Å². The first-order valence-corrected chi connectivity index (χ1v) is 5.85. The Bertz CT molecular complexity index is 72.7. The zero-order valence-electron chi connectivity index (χ0n) is 5.16. The Balaban J connectivity index is 3.07. The molecule has 0 aliphatic carbocycles. The molecular weight excluding hydrogens is 165 g/mol. The normalized spacial score (nSPS) is 12.0. The molecule has 0 saturated heterocycles. The minimum atomic E-state index is -5.21. The van der Waals surface area contributed by atoms with Crippen LogP contribution < -0.4 is 0 Å². The van der Waals surface area contributed by atoms with E-state index < -0.39 is 15.1 Å². The van der Waals surface area contributed by atoms with Crippen LogP contribution in [0.15, 0.2) is 0 Å². The Morgan fingerprint density at radius 1 is 1.33 bits per heavy atom. The van der Waals surface area contributed by atoms with Gasteiger partial charge in [-0.15, -0.1) is 0 Å². The molecule has 56 valence electrons. The molecule has 0 fully saturated rings. The molecule has 0 spiro atoms. The topological polar surface area (TPSA) is 0 Å². The minimum absolute atomic E-state index is 0.302. The van der Waals surface area contributed by atoms with E-state index in [0.29, 0.717) is 12.2 Å². The number of thioether (sulfide) groups is 1. The highest BCUT2D eigenvalue weighted by molar-refractivity contribution is 7.98. The Labute approximate surface area is 58.4 Å². The fraction of sp³-hybridized carbons (Fsp3) is 1.00. The quantitative estimate of drug-likeness (QED) is 0.358. The molecule has 0 rings (SSSR count). The van der Waals surface area contributed by atoms with Crippen LogP contribution in [0.25, 0.3) is 0 Å². The molecule has 0 atom stereocenters. The van der Waals surface area contributed by atoms with Crippen molar-refractivity contribution in [2.75, 3.05) is 12.0 Å². The molecule has 0 saturated carbocycles. The third-order valence-electron chi connectivity index (χ3n) is 0.809. The van der Waals surface area contributed by atoms with Crippen molar-refractivity contribution in [1.29, 1.82) is 0 Å². The van der Waals surface area contributed by atoms with Crippen molar-refractivity contribution < 1.29 is 12.3 Å². The third-order valence-corrected chi connectivity index (χ3v) is 2.43. The first kappa shape index (κ1) is 9.36. The molecule has 0 aromatic carbocycles. The van der Waals surface area contributed by atoms with E-state index in [1.54, 1.807) is 0 Å². The van der Waals surface area contributed by atoms with Crippen molar-refractivity contribution in [3.63, 3.8) is 0 Å². The summed E-state index contributed by atoms with van der Waals surface area (Å²) in [5.41, 5.74) is 0. The van der Waals surface area contributed by atoms with Crippen LogP contribution in [0, 0.1) is 0 Å². The molecule has 0 aromatic rings. The minimum Gasteiger partial charge on any atom is -0.238 e. The van der Waals surface area contributed by atoms with E-state index in [0.717, 1.165) is 0 Å². The van der Waals surface area contributed by atoms with Crippen LogP contribution >= 0.6 is 11.8 Å². The zero-order chi connectivity index (χ0) is 7.33. The Hall–Kier alpha value is 0.357. The van der Waals surface area contributed by atoms with Crippen molar-refractivity contribution in [2.24, 2.45) is 0 Å². The highest BCUT2D eigenvalue weighted by Gasteiger charge is 2.35. The lowest BCUT2D eigenvalue weighted by atomic mass is 10.6. The molecule has 0 amide bonds. The Kier molecular flexibility index (Phi) is 4.38. The van der Waals surface area contributed by atoms with Gasteiger partial charge in [0.2, 0.25) is 0 Å². The van der Waals surface area contributed by atoms with Gasteiger partial charge in [-0.05, 0) is 18.4 Å². The average Bonchev–Trinajstić information content (AvgIpc) is 1.63. The maximum atomic E-state index is 11.5. The van der Waals surface area contributed by atoms with E-state index in [9.17, 15) is 12.3 Å². The summed E-state index contributed by atoms with van der Waals surface area (Å²) in [4.78, 5) is 0. The fourth-order valence-electron chi connectivity index (χ4n) is 0.417. The Morgan fingerprint density at radius 2 is 1.89 bits per heavy atom. The van der Waals surface area contributed by atoms with Crippen LogP contribution in [0.1, 0.15) is 6.42 Å². The maximum Gasteiger partial charge on any atom is 0.616 e. The summed E-state index contributed by atoms with van der Waals surface area (Å²) >= 11 is 1.46. The maximum absolute atomic E-state index is 11.5. The summed E-state index contributed by atoms with van der Waals surface area (Å²) in [6.07, 6.45) is 2.12. The lowest BCUT2D eigenvalue weighted by molar-refractivity contribution is 0.467. The molecule has 0 nitrogen and oxygen atoms in total. The van der Waals surface area contributed by atoms with Gasteiger partial charge in [-0.25, -0.2) is 12.3 Å². The lowest BCUT2D eigenvalue weighted by Crippen LogP contribution is -2.13. The molecule has 0 bridgehead atoms. The first-order chi connectivity index (χ1) is 4.06. The van der Waals surface area contributed by atoms with Gasteiger partial charge in [0.25, 0.3) is 0 Å². The van der Waals surface area contributed by atoms with Crippen molar-refractivity contribution in [3.05, 3.63) is 0 Å². The monoisotopic (exact) mass is 174 g/mol. The van der Waals surface area contributed by atoms with E-state index in [1.165, 1.54) is 11.8 Å². The highest BCUT2D eigenvalue weighted by Crippen LogP contribution is 2.17. The van der Waals surface area contributed by atoms with Crippen molar-refractivity contribution in [3.8, 4) is 0 Å². The number of halogens is 3. The molecule has 0 aliphatic heterocycles. The molecule has 0 radical (unpaired) electrons. The van der Waals surface area contributed by atoms with Crippen LogP contribution in [-0.2, 0) is 0 Å². The highest BCUT2D eigenvalue weighted by atomic mass is 32.2. The summed E-state index contributed by atoms with van der Waals surface area (Å²) < 4.78 is 34.5. The molecule has 0 heterocycles. The van der Waals surface area contributed by atoms with Gasteiger partial charge < -0.3 is 0 Å². The summed E-state index contributed by atoms with van der Waals surface area (Å²) in [5.74, 6) is 0.631. The van der Waals surface area contributed by atoms with Crippen LogP contribution in [0.5, 0.6) is 0 Å². The summed E-state index contributed by atoms with van der Waals surface area (Å²) in [7, 11) is -5.21. The predicted molar refractivity (Wildman–Crippen MR) is 36.9 cm³/mol. The second kappa shape index (κ2) is 4.22. The molecule has 9 heavy (non-hydrogen) atoms. The smallest absolute Gasteiger partial charge is 0.238 e. The molecular formula is C4H9F3SSi. The molecule has 5 heteroatoms. The van der Waals surface area contributed by atoms with E-state index >= 15 is 0 Å². The summed E-state index contributed by atoms with van der Waals surface area (Å²) in [6, 6.07) is -0.506. The zero-order valence-corrected chi connectivity index (χ0v) is 6.98. The van der Waals surface area contributed by atoms with Crippen molar-refractivity contribution in [2.45, 2.75) is 12.5 Å². The van der Waals surface area contributed by atoms with Gasteiger partial charge >= 0.3 is 9.08 Å². The van der Waals surface area contributed by atoms with E-state index in [1.807, 2.05) is 6.26 Å². The third kappa shape index (κ3) is 8.36. The Morgan fingerprint density at radius 3 is 2.22 bits per heavy atom. The second-order valence-corrected chi connectivity index (χ2v) is 4.43. The lowest BCUT2D eigenvalue weighted by Gasteiger charge is -1.98. The largest absolute Gasteiger partial charge is 0.616 e. The van der Waals surface area contributed by atoms with Gasteiger partial charge in [-0.3, -0.25) is 0 Å². The molecule has 0 N–H and O–H groups in total. The molecule has 0 aliphatic rings. The van der Waals surface area contributed by atoms with E-state index in [-0.39, 0.29) is 0 Å². The van der Waals surface area contributed by atoms with Gasteiger partial charge in [-0.2, -0.15) is 11.8 Å². The van der Waals surface area contributed by atoms with Gasteiger partial charge in [0.05, 0.1) is 0 Å². The van der Waals surface area contributed by atoms with E-state index in [4.69, 9.17) is 0 Å². The summed E-state index contributed by atoms with van der Waals surface area (Å²) in [6.45, 7) is 0. The van der Waals surface area contributed by atoms with Crippen molar-refractivity contribution >= 4 is 20.8 Å². The van der Waals surface area contributed by atoms with Gasteiger partial charge in [0, 0.05) is 6.04 Å². The van der Waals surface area contributed by atoms with Gasteiger partial charge in [-0.1, -0.05) is 0 Å². The number of hydrogen-bond donors (Lipinski definition) is 0. The molecule has 0 unspecified atom stereocenters. The first-order valence-electron chi connectivity index (χ1n) is 2.62. The van der Waals surface area contributed by atoms with Crippen LogP contribution in [0.4, 0.5) is 12.3 Å². The van der Waals surface area contributed by atoms with Crippen LogP contribution in [0.2, 0.25) is 6.04 Å². The second-order valence-electron chi connectivity index (χ2n) is 1.71. The summed E-state index contributed by atoms with van der Waals surface area (Å²) in [5, 5.41) is 0. The fourth-order valence-corrected chi connectivity index (χ4v) is 1.68. The van der Waals surface area contributed by atoms with Crippen LogP contribution in [0.3, 0.4) is 0 Å².